The SMILES string of the molecule is CCn1cc(S(=O)(=O)N2CCN(C(=O)C(C)n3ncc(Br)c3C)CC2)c(C)n1. The third-order valence-electron chi connectivity index (χ3n) is 5.10. The van der Waals surface area contributed by atoms with Crippen LogP contribution in [-0.2, 0) is 21.4 Å². The summed E-state index contributed by atoms with van der Waals surface area (Å²) in [6.07, 6.45) is 3.24. The van der Waals surface area contributed by atoms with E-state index in [0.717, 1.165) is 10.2 Å². The molecule has 0 aromatic carbocycles. The number of rotatable bonds is 5. The number of hydrogen-bond acceptors (Lipinski definition) is 5. The molecule has 0 aliphatic carbocycles. The molecule has 28 heavy (non-hydrogen) atoms. The van der Waals surface area contributed by atoms with E-state index in [9.17, 15) is 13.2 Å². The van der Waals surface area contributed by atoms with Gasteiger partial charge in [0.05, 0.1) is 22.1 Å². The lowest BCUT2D eigenvalue weighted by Gasteiger charge is -2.35. The van der Waals surface area contributed by atoms with Crippen molar-refractivity contribution >= 4 is 31.9 Å². The Morgan fingerprint density at radius 1 is 1.25 bits per heavy atom. The second-order valence-corrected chi connectivity index (χ2v) is 9.62. The van der Waals surface area contributed by atoms with Gasteiger partial charge in [-0.05, 0) is 43.6 Å². The molecule has 0 N–H and O–H groups in total. The molecule has 3 heterocycles. The summed E-state index contributed by atoms with van der Waals surface area (Å²) in [5.74, 6) is -0.0641. The highest BCUT2D eigenvalue weighted by Crippen LogP contribution is 2.23. The quantitative estimate of drug-likeness (QED) is 0.658. The Balaban J connectivity index is 1.69. The fourth-order valence-electron chi connectivity index (χ4n) is 3.36. The summed E-state index contributed by atoms with van der Waals surface area (Å²) >= 11 is 3.41. The zero-order chi connectivity index (χ0) is 20.6. The van der Waals surface area contributed by atoms with Crippen LogP contribution in [0.5, 0.6) is 0 Å². The molecule has 9 nitrogen and oxygen atoms in total. The van der Waals surface area contributed by atoms with Crippen LogP contribution in [0.25, 0.3) is 0 Å². The van der Waals surface area contributed by atoms with Gasteiger partial charge in [-0.15, -0.1) is 0 Å². The summed E-state index contributed by atoms with van der Waals surface area (Å²) in [5.41, 5.74) is 1.37. The van der Waals surface area contributed by atoms with Crippen molar-refractivity contribution in [3.63, 3.8) is 0 Å². The highest BCUT2D eigenvalue weighted by molar-refractivity contribution is 9.10. The van der Waals surface area contributed by atoms with Crippen molar-refractivity contribution in [1.82, 2.24) is 28.8 Å². The Morgan fingerprint density at radius 2 is 1.89 bits per heavy atom. The number of sulfonamides is 1. The maximum atomic E-state index is 13.0. The monoisotopic (exact) mass is 472 g/mol. The van der Waals surface area contributed by atoms with Gasteiger partial charge in [-0.3, -0.25) is 14.2 Å². The number of carbonyl (C=O) groups excluding carboxylic acids is 1. The predicted molar refractivity (Wildman–Crippen MR) is 107 cm³/mol. The molecule has 0 bridgehead atoms. The molecule has 1 unspecified atom stereocenters. The number of aromatic nitrogens is 4. The predicted octanol–water partition coefficient (Wildman–Crippen LogP) is 1.57. The Labute approximate surface area is 173 Å². The third kappa shape index (κ3) is 3.74. The standard InChI is InChI=1S/C17H25BrN6O3S/c1-5-22-11-16(12(2)20-22)28(26,27)23-8-6-21(7-9-23)17(25)14(4)24-13(3)15(18)10-19-24/h10-11,14H,5-9H2,1-4H3. The van der Waals surface area contributed by atoms with Gasteiger partial charge in [-0.1, -0.05) is 0 Å². The van der Waals surface area contributed by atoms with Crippen LogP contribution >= 0.6 is 15.9 Å². The van der Waals surface area contributed by atoms with Crippen LogP contribution in [0.15, 0.2) is 21.8 Å². The number of carbonyl (C=O) groups is 1. The molecule has 3 rings (SSSR count). The van der Waals surface area contributed by atoms with Crippen LogP contribution < -0.4 is 0 Å². The minimum absolute atomic E-state index is 0.0641. The summed E-state index contributed by atoms with van der Waals surface area (Å²) in [5, 5.41) is 8.49. The first kappa shape index (κ1) is 21.0. The molecular formula is C17H25BrN6O3S. The van der Waals surface area contributed by atoms with Gasteiger partial charge in [0.15, 0.2) is 0 Å². The van der Waals surface area contributed by atoms with Gasteiger partial charge < -0.3 is 4.90 Å². The molecular weight excluding hydrogens is 448 g/mol. The van der Waals surface area contributed by atoms with Gasteiger partial charge >= 0.3 is 0 Å². The van der Waals surface area contributed by atoms with E-state index < -0.39 is 16.1 Å². The summed E-state index contributed by atoms with van der Waals surface area (Å²) < 4.78 is 31.5. The maximum absolute atomic E-state index is 13.0. The second kappa shape index (κ2) is 7.96. The normalized spacial score (nSPS) is 17.1. The molecule has 2 aromatic rings. The number of amides is 1. The van der Waals surface area contributed by atoms with Gasteiger partial charge in [0, 0.05) is 38.9 Å². The lowest BCUT2D eigenvalue weighted by atomic mass is 10.2. The molecule has 1 aliphatic rings. The van der Waals surface area contributed by atoms with Crippen molar-refractivity contribution in [3.8, 4) is 0 Å². The number of halogens is 1. The molecule has 2 aromatic heterocycles. The fourth-order valence-corrected chi connectivity index (χ4v) is 5.23. The molecule has 1 amide bonds. The minimum atomic E-state index is -3.62. The molecule has 0 radical (unpaired) electrons. The van der Waals surface area contributed by atoms with E-state index in [-0.39, 0.29) is 23.9 Å². The highest BCUT2D eigenvalue weighted by Gasteiger charge is 2.34. The average Bonchev–Trinajstić information content (AvgIpc) is 3.23. The lowest BCUT2D eigenvalue weighted by molar-refractivity contribution is -0.135. The number of hydrogen-bond donors (Lipinski definition) is 0. The smallest absolute Gasteiger partial charge is 0.247 e. The first-order valence-electron chi connectivity index (χ1n) is 9.19. The largest absolute Gasteiger partial charge is 0.338 e. The summed E-state index contributed by atoms with van der Waals surface area (Å²) in [6.45, 7) is 9.15. The topological polar surface area (TPSA) is 93.3 Å². The highest BCUT2D eigenvalue weighted by atomic mass is 79.9. The number of nitrogens with zero attached hydrogens (tertiary/aromatic N) is 6. The fraction of sp³-hybridized carbons (Fsp3) is 0.588. The van der Waals surface area contributed by atoms with Gasteiger partial charge in [0.1, 0.15) is 10.9 Å². The van der Waals surface area contributed by atoms with Crippen LogP contribution in [0.2, 0.25) is 0 Å². The minimum Gasteiger partial charge on any atom is -0.338 e. The van der Waals surface area contributed by atoms with E-state index in [2.05, 4.69) is 26.1 Å². The Hall–Kier alpha value is -1.72. The Kier molecular flexibility index (Phi) is 5.97. The van der Waals surface area contributed by atoms with Crippen molar-refractivity contribution in [2.75, 3.05) is 26.2 Å². The summed E-state index contributed by atoms with van der Waals surface area (Å²) in [7, 11) is -3.62. The van der Waals surface area contributed by atoms with Gasteiger partial charge in [0.25, 0.3) is 0 Å². The number of aryl methyl sites for hydroxylation is 2. The van der Waals surface area contributed by atoms with Crippen molar-refractivity contribution < 1.29 is 13.2 Å². The van der Waals surface area contributed by atoms with E-state index in [4.69, 9.17) is 0 Å². The van der Waals surface area contributed by atoms with E-state index in [1.165, 1.54) is 4.31 Å². The molecule has 154 valence electrons. The van der Waals surface area contributed by atoms with E-state index in [1.807, 2.05) is 13.8 Å². The van der Waals surface area contributed by atoms with E-state index in [1.54, 1.807) is 40.5 Å². The average molecular weight is 473 g/mol. The van der Waals surface area contributed by atoms with Gasteiger partial charge in [0.2, 0.25) is 15.9 Å². The lowest BCUT2D eigenvalue weighted by Crippen LogP contribution is -2.51. The first-order chi connectivity index (χ1) is 13.2. The summed E-state index contributed by atoms with van der Waals surface area (Å²) in [4.78, 5) is 14.8. The molecule has 1 atom stereocenters. The first-order valence-corrected chi connectivity index (χ1v) is 11.4. The zero-order valence-corrected chi connectivity index (χ0v) is 18.9. The molecule has 0 saturated carbocycles. The molecule has 1 aliphatic heterocycles. The van der Waals surface area contributed by atoms with Crippen molar-refractivity contribution in [1.29, 1.82) is 0 Å². The Morgan fingerprint density at radius 3 is 2.39 bits per heavy atom. The van der Waals surface area contributed by atoms with Gasteiger partial charge in [-0.2, -0.15) is 14.5 Å². The summed E-state index contributed by atoms with van der Waals surface area (Å²) in [6, 6.07) is -0.445. The van der Waals surface area contributed by atoms with Crippen molar-refractivity contribution in [3.05, 3.63) is 28.3 Å². The van der Waals surface area contributed by atoms with Crippen molar-refractivity contribution in [2.45, 2.75) is 45.2 Å². The molecule has 0 spiro atoms. The van der Waals surface area contributed by atoms with E-state index in [0.29, 0.717) is 25.3 Å². The van der Waals surface area contributed by atoms with Crippen LogP contribution in [-0.4, -0.2) is 69.3 Å². The van der Waals surface area contributed by atoms with Crippen LogP contribution in [0.4, 0.5) is 0 Å². The van der Waals surface area contributed by atoms with E-state index >= 15 is 0 Å². The van der Waals surface area contributed by atoms with Crippen LogP contribution in [0, 0.1) is 13.8 Å². The zero-order valence-electron chi connectivity index (χ0n) is 16.5. The third-order valence-corrected chi connectivity index (χ3v) is 7.88. The van der Waals surface area contributed by atoms with Crippen LogP contribution in [0.3, 0.4) is 0 Å². The second-order valence-electron chi connectivity index (χ2n) is 6.86. The molecule has 11 heteroatoms. The Bertz CT molecular complexity index is 975. The maximum Gasteiger partial charge on any atom is 0.247 e. The van der Waals surface area contributed by atoms with Crippen molar-refractivity contribution in [2.24, 2.45) is 0 Å². The molecule has 1 saturated heterocycles. The van der Waals surface area contributed by atoms with Gasteiger partial charge in [-0.25, -0.2) is 8.42 Å². The molecule has 1 fully saturated rings. The number of piperazine rings is 1. The van der Waals surface area contributed by atoms with Crippen LogP contribution in [0.1, 0.15) is 31.3 Å².